The van der Waals surface area contributed by atoms with Gasteiger partial charge in [-0.1, -0.05) is 42.5 Å². The van der Waals surface area contributed by atoms with Crippen LogP contribution in [0, 0.1) is 0 Å². The van der Waals surface area contributed by atoms with E-state index in [1.165, 1.54) is 0 Å². The van der Waals surface area contributed by atoms with Crippen LogP contribution in [0.5, 0.6) is 5.75 Å². The van der Waals surface area contributed by atoms with Gasteiger partial charge >= 0.3 is 0 Å². The van der Waals surface area contributed by atoms with Crippen LogP contribution in [-0.2, 0) is 11.3 Å². The van der Waals surface area contributed by atoms with Crippen LogP contribution in [-0.4, -0.2) is 29.1 Å². The molecule has 5 nitrogen and oxygen atoms in total. The molecule has 0 aliphatic heterocycles. The van der Waals surface area contributed by atoms with Crippen LogP contribution >= 0.6 is 0 Å². The second-order valence-electron chi connectivity index (χ2n) is 6.11. The minimum atomic E-state index is -0.0809. The van der Waals surface area contributed by atoms with Crippen molar-refractivity contribution in [3.05, 3.63) is 84.4 Å². The van der Waals surface area contributed by atoms with Crippen molar-refractivity contribution in [1.29, 1.82) is 0 Å². The summed E-state index contributed by atoms with van der Waals surface area (Å²) in [6.07, 6.45) is 8.19. The third-order valence-electron chi connectivity index (χ3n) is 4.19. The Morgan fingerprint density at radius 3 is 2.59 bits per heavy atom. The Bertz CT molecular complexity index is 870. The number of carbonyl (C=O) groups is 1. The number of rotatable bonds is 8. The maximum absolute atomic E-state index is 12.8. The number of aryl methyl sites for hydroxylation is 1. The summed E-state index contributed by atoms with van der Waals surface area (Å²) in [6, 6.07) is 17.3. The standard InChI is InChI=1S/C22H23N3O2/c1-27-20-10-8-18(9-11-20)16-21(19-6-3-2-4-7-19)22(26)24-12-5-14-25-15-13-23-17-25/h2-4,6-11,13,15-17H,5,12,14H2,1H3,(H,24,26). The first-order valence-electron chi connectivity index (χ1n) is 8.91. The number of ether oxygens (including phenoxy) is 1. The lowest BCUT2D eigenvalue weighted by atomic mass is 10.0. The summed E-state index contributed by atoms with van der Waals surface area (Å²) in [5.41, 5.74) is 2.48. The number of imidazole rings is 1. The number of carbonyl (C=O) groups excluding carboxylic acids is 1. The number of aromatic nitrogens is 2. The predicted molar refractivity (Wildman–Crippen MR) is 107 cm³/mol. The number of benzene rings is 2. The van der Waals surface area contributed by atoms with Crippen LogP contribution < -0.4 is 10.1 Å². The van der Waals surface area contributed by atoms with Gasteiger partial charge in [0.25, 0.3) is 5.91 Å². The van der Waals surface area contributed by atoms with Gasteiger partial charge in [0.05, 0.1) is 13.4 Å². The summed E-state index contributed by atoms with van der Waals surface area (Å²) in [6.45, 7) is 1.42. The normalized spacial score (nSPS) is 11.2. The lowest BCUT2D eigenvalue weighted by Gasteiger charge is -2.10. The van der Waals surface area contributed by atoms with Gasteiger partial charge in [-0.15, -0.1) is 0 Å². The maximum Gasteiger partial charge on any atom is 0.251 e. The minimum Gasteiger partial charge on any atom is -0.497 e. The molecule has 3 aromatic rings. The maximum atomic E-state index is 12.8. The molecule has 0 bridgehead atoms. The van der Waals surface area contributed by atoms with Crippen molar-refractivity contribution in [2.45, 2.75) is 13.0 Å². The van der Waals surface area contributed by atoms with Crippen molar-refractivity contribution >= 4 is 17.6 Å². The summed E-state index contributed by atoms with van der Waals surface area (Å²) in [5, 5.41) is 3.02. The van der Waals surface area contributed by atoms with Crippen LogP contribution in [0.25, 0.3) is 11.6 Å². The van der Waals surface area contributed by atoms with Crippen LogP contribution in [0.15, 0.2) is 73.3 Å². The van der Waals surface area contributed by atoms with Crippen molar-refractivity contribution in [3.63, 3.8) is 0 Å². The van der Waals surface area contributed by atoms with E-state index >= 15 is 0 Å². The van der Waals surface area contributed by atoms with E-state index in [9.17, 15) is 4.79 Å². The molecule has 0 saturated heterocycles. The Balaban J connectivity index is 1.71. The highest BCUT2D eigenvalue weighted by molar-refractivity contribution is 6.24. The van der Waals surface area contributed by atoms with Gasteiger partial charge < -0.3 is 14.6 Å². The Labute approximate surface area is 159 Å². The average Bonchev–Trinajstić information content (AvgIpc) is 3.24. The van der Waals surface area contributed by atoms with E-state index in [1.807, 2.05) is 71.4 Å². The van der Waals surface area contributed by atoms with Gasteiger partial charge in [0.15, 0.2) is 0 Å². The third kappa shape index (κ3) is 5.31. The predicted octanol–water partition coefficient (Wildman–Crippen LogP) is 3.64. The largest absolute Gasteiger partial charge is 0.497 e. The van der Waals surface area contributed by atoms with Gasteiger partial charge in [0.1, 0.15) is 5.75 Å². The molecule has 0 aliphatic rings. The molecular weight excluding hydrogens is 338 g/mol. The lowest BCUT2D eigenvalue weighted by Crippen LogP contribution is -2.26. The zero-order valence-corrected chi connectivity index (χ0v) is 15.3. The van der Waals surface area contributed by atoms with Gasteiger partial charge in [-0.2, -0.15) is 0 Å². The highest BCUT2D eigenvalue weighted by atomic mass is 16.5. The molecule has 0 atom stereocenters. The summed E-state index contributed by atoms with van der Waals surface area (Å²) in [5.74, 6) is 0.708. The van der Waals surface area contributed by atoms with Crippen LogP contribution in [0.2, 0.25) is 0 Å². The Morgan fingerprint density at radius 2 is 1.93 bits per heavy atom. The summed E-state index contributed by atoms with van der Waals surface area (Å²) in [7, 11) is 1.64. The lowest BCUT2D eigenvalue weighted by molar-refractivity contribution is -0.115. The summed E-state index contributed by atoms with van der Waals surface area (Å²) >= 11 is 0. The molecule has 0 spiro atoms. The SMILES string of the molecule is COc1ccc(C=C(C(=O)NCCCn2ccnc2)c2ccccc2)cc1. The summed E-state index contributed by atoms with van der Waals surface area (Å²) < 4.78 is 7.19. The molecule has 5 heteroatoms. The molecule has 3 rings (SSSR count). The number of amides is 1. The highest BCUT2D eigenvalue weighted by Crippen LogP contribution is 2.20. The third-order valence-corrected chi connectivity index (χ3v) is 4.19. The van der Waals surface area contributed by atoms with E-state index in [0.29, 0.717) is 12.1 Å². The fourth-order valence-electron chi connectivity index (χ4n) is 2.74. The molecule has 0 saturated carbocycles. The monoisotopic (exact) mass is 361 g/mol. The topological polar surface area (TPSA) is 56.1 Å². The number of hydrogen-bond acceptors (Lipinski definition) is 3. The molecule has 1 amide bonds. The van der Waals surface area contributed by atoms with Crippen molar-refractivity contribution in [3.8, 4) is 5.75 Å². The molecule has 0 radical (unpaired) electrons. The Hall–Kier alpha value is -3.34. The first kappa shape index (κ1) is 18.5. The number of methoxy groups -OCH3 is 1. The van der Waals surface area contributed by atoms with Gasteiger partial charge in [-0.3, -0.25) is 4.79 Å². The zero-order chi connectivity index (χ0) is 18.9. The molecule has 0 aliphatic carbocycles. The second-order valence-corrected chi connectivity index (χ2v) is 6.11. The van der Waals surface area contributed by atoms with Crippen LogP contribution in [0.4, 0.5) is 0 Å². The molecule has 1 aromatic heterocycles. The van der Waals surface area contributed by atoms with Crippen LogP contribution in [0.1, 0.15) is 17.5 Å². The van der Waals surface area contributed by atoms with Crippen molar-refractivity contribution in [1.82, 2.24) is 14.9 Å². The molecule has 27 heavy (non-hydrogen) atoms. The van der Waals surface area contributed by atoms with Gasteiger partial charge in [0, 0.05) is 31.1 Å². The first-order chi connectivity index (χ1) is 13.3. The van der Waals surface area contributed by atoms with E-state index < -0.39 is 0 Å². The molecule has 1 heterocycles. The van der Waals surface area contributed by atoms with Gasteiger partial charge in [-0.25, -0.2) is 4.98 Å². The van der Waals surface area contributed by atoms with Gasteiger partial charge in [-0.05, 0) is 35.8 Å². The van der Waals surface area contributed by atoms with Crippen molar-refractivity contribution < 1.29 is 9.53 Å². The molecular formula is C22H23N3O2. The number of nitrogens with zero attached hydrogens (tertiary/aromatic N) is 2. The fourth-order valence-corrected chi connectivity index (χ4v) is 2.74. The number of hydrogen-bond donors (Lipinski definition) is 1. The van der Waals surface area contributed by atoms with E-state index in [-0.39, 0.29) is 5.91 Å². The molecule has 0 unspecified atom stereocenters. The highest BCUT2D eigenvalue weighted by Gasteiger charge is 2.11. The van der Waals surface area contributed by atoms with Crippen molar-refractivity contribution in [2.75, 3.05) is 13.7 Å². The van der Waals surface area contributed by atoms with E-state index in [2.05, 4.69) is 10.3 Å². The van der Waals surface area contributed by atoms with Gasteiger partial charge in [0.2, 0.25) is 0 Å². The quantitative estimate of drug-likeness (QED) is 0.379. The van der Waals surface area contributed by atoms with E-state index in [4.69, 9.17) is 4.74 Å². The molecule has 2 aromatic carbocycles. The Kier molecular flexibility index (Phi) is 6.41. The van der Waals surface area contributed by atoms with Crippen LogP contribution in [0.3, 0.4) is 0 Å². The van der Waals surface area contributed by atoms with E-state index in [1.54, 1.807) is 19.6 Å². The smallest absolute Gasteiger partial charge is 0.251 e. The molecule has 138 valence electrons. The first-order valence-corrected chi connectivity index (χ1v) is 8.91. The molecule has 0 fully saturated rings. The zero-order valence-electron chi connectivity index (χ0n) is 15.3. The summed E-state index contributed by atoms with van der Waals surface area (Å²) in [4.78, 5) is 16.8. The minimum absolute atomic E-state index is 0.0809. The van der Waals surface area contributed by atoms with E-state index in [0.717, 1.165) is 29.8 Å². The average molecular weight is 361 g/mol. The fraction of sp³-hybridized carbons (Fsp3) is 0.182. The Morgan fingerprint density at radius 1 is 1.15 bits per heavy atom. The second kappa shape index (κ2) is 9.38. The number of nitrogens with one attached hydrogen (secondary N) is 1. The molecule has 1 N–H and O–H groups in total. The van der Waals surface area contributed by atoms with Crippen molar-refractivity contribution in [2.24, 2.45) is 0 Å².